The number of nitrogens with zero attached hydrogens (tertiary/aromatic N) is 1. The van der Waals surface area contributed by atoms with Crippen LogP contribution in [-0.4, -0.2) is 57.6 Å². The maximum atomic E-state index is 9.34. The molecule has 1 aliphatic heterocycles. The van der Waals surface area contributed by atoms with E-state index in [0.29, 0.717) is 12.5 Å². The zero-order valence-corrected chi connectivity index (χ0v) is 22.0. The molecule has 1 saturated heterocycles. The number of rotatable bonds is 11. The summed E-state index contributed by atoms with van der Waals surface area (Å²) in [7, 11) is 1.74. The highest BCUT2D eigenvalue weighted by Gasteiger charge is 2.37. The number of aliphatic imine (C=N–C) groups is 1. The zero-order valence-electron chi connectivity index (χ0n) is 19.7. The van der Waals surface area contributed by atoms with Crippen molar-refractivity contribution in [2.24, 2.45) is 10.9 Å². The maximum absolute atomic E-state index is 9.34. The summed E-state index contributed by atoms with van der Waals surface area (Å²) in [5.41, 5.74) is 2.38. The van der Waals surface area contributed by atoms with Gasteiger partial charge in [-0.15, -0.1) is 24.0 Å². The standard InChI is InChI=1S/C24H41N3O3.HI/c1-5-7-20(10-13-28)17-26-23(25-6-2)27-18-24(11-14-30-15-12-24)21-16-19(3)8-9-22(21)29-4;/h8-9,16,20,28H,5-7,10-15,17-18H2,1-4H3,(H2,25,26,27);1H. The van der Waals surface area contributed by atoms with Gasteiger partial charge in [-0.25, -0.2) is 0 Å². The van der Waals surface area contributed by atoms with E-state index < -0.39 is 0 Å². The van der Waals surface area contributed by atoms with Crippen LogP contribution in [0.4, 0.5) is 0 Å². The number of aliphatic hydroxyl groups is 1. The van der Waals surface area contributed by atoms with Gasteiger partial charge in [0.05, 0.1) is 13.7 Å². The molecule has 178 valence electrons. The van der Waals surface area contributed by atoms with E-state index in [4.69, 9.17) is 14.5 Å². The molecule has 0 aromatic heterocycles. The average Bonchev–Trinajstić information content (AvgIpc) is 2.76. The molecule has 2 rings (SSSR count). The fourth-order valence-electron chi connectivity index (χ4n) is 4.26. The van der Waals surface area contributed by atoms with Gasteiger partial charge < -0.3 is 25.2 Å². The third-order valence-corrected chi connectivity index (χ3v) is 6.05. The molecule has 0 radical (unpaired) electrons. The molecule has 0 amide bonds. The van der Waals surface area contributed by atoms with Gasteiger partial charge in [-0.05, 0) is 51.5 Å². The molecule has 7 heteroatoms. The Labute approximate surface area is 205 Å². The molecule has 31 heavy (non-hydrogen) atoms. The van der Waals surface area contributed by atoms with Gasteiger partial charge in [-0.3, -0.25) is 4.99 Å². The molecular weight excluding hydrogens is 505 g/mol. The van der Waals surface area contributed by atoms with Crippen molar-refractivity contribution in [3.63, 3.8) is 0 Å². The Morgan fingerprint density at radius 3 is 2.58 bits per heavy atom. The Bertz CT molecular complexity index is 657. The first kappa shape index (κ1) is 28.0. The first-order chi connectivity index (χ1) is 14.6. The van der Waals surface area contributed by atoms with Crippen LogP contribution in [-0.2, 0) is 10.2 Å². The monoisotopic (exact) mass is 547 g/mol. The average molecular weight is 548 g/mol. The zero-order chi connectivity index (χ0) is 21.8. The highest BCUT2D eigenvalue weighted by atomic mass is 127. The van der Waals surface area contributed by atoms with Crippen LogP contribution in [0.15, 0.2) is 23.2 Å². The van der Waals surface area contributed by atoms with Crippen LogP contribution in [0.5, 0.6) is 5.75 Å². The third kappa shape index (κ3) is 8.42. The van der Waals surface area contributed by atoms with Crippen molar-refractivity contribution in [1.82, 2.24) is 10.6 Å². The molecule has 0 aliphatic carbocycles. The molecule has 1 unspecified atom stereocenters. The molecule has 1 aliphatic rings. The topological polar surface area (TPSA) is 75.1 Å². The van der Waals surface area contributed by atoms with Crippen LogP contribution in [0.2, 0.25) is 0 Å². The van der Waals surface area contributed by atoms with Crippen LogP contribution < -0.4 is 15.4 Å². The second-order valence-electron chi connectivity index (χ2n) is 8.34. The van der Waals surface area contributed by atoms with Gasteiger partial charge in [0.2, 0.25) is 0 Å². The minimum absolute atomic E-state index is 0. The van der Waals surface area contributed by atoms with Crippen molar-refractivity contribution in [3.8, 4) is 5.75 Å². The van der Waals surface area contributed by atoms with E-state index in [-0.39, 0.29) is 36.0 Å². The number of methoxy groups -OCH3 is 1. The largest absolute Gasteiger partial charge is 0.496 e. The lowest BCUT2D eigenvalue weighted by Crippen LogP contribution is -2.42. The SMILES string of the molecule is CCCC(CCO)CNC(=NCC1(c2cc(C)ccc2OC)CCOCC1)NCC.I. The Balaban J connectivity index is 0.00000480. The van der Waals surface area contributed by atoms with E-state index in [0.717, 1.165) is 70.1 Å². The van der Waals surface area contributed by atoms with Crippen LogP contribution in [0.3, 0.4) is 0 Å². The van der Waals surface area contributed by atoms with Gasteiger partial charge in [-0.2, -0.15) is 0 Å². The van der Waals surface area contributed by atoms with E-state index in [1.807, 2.05) is 0 Å². The summed E-state index contributed by atoms with van der Waals surface area (Å²) in [5.74, 6) is 2.23. The Morgan fingerprint density at radius 2 is 1.97 bits per heavy atom. The predicted molar refractivity (Wildman–Crippen MR) is 139 cm³/mol. The quantitative estimate of drug-likeness (QED) is 0.222. The van der Waals surface area contributed by atoms with Crippen LogP contribution in [0.1, 0.15) is 57.1 Å². The maximum Gasteiger partial charge on any atom is 0.191 e. The van der Waals surface area contributed by atoms with Crippen molar-refractivity contribution in [2.45, 2.75) is 58.3 Å². The molecular formula is C24H42IN3O3. The predicted octanol–water partition coefficient (Wildman–Crippen LogP) is 4.02. The summed E-state index contributed by atoms with van der Waals surface area (Å²) < 4.78 is 11.4. The molecule has 1 heterocycles. The minimum Gasteiger partial charge on any atom is -0.496 e. The smallest absolute Gasteiger partial charge is 0.191 e. The molecule has 3 N–H and O–H groups in total. The van der Waals surface area contributed by atoms with Crippen LogP contribution >= 0.6 is 24.0 Å². The first-order valence-corrected chi connectivity index (χ1v) is 11.4. The summed E-state index contributed by atoms with van der Waals surface area (Å²) in [6, 6.07) is 6.41. The van der Waals surface area contributed by atoms with Crippen molar-refractivity contribution < 1.29 is 14.6 Å². The lowest BCUT2D eigenvalue weighted by Gasteiger charge is -2.37. The first-order valence-electron chi connectivity index (χ1n) is 11.4. The number of halogens is 1. The Kier molecular flexibility index (Phi) is 13.4. The number of hydrogen-bond acceptors (Lipinski definition) is 4. The lowest BCUT2D eigenvalue weighted by molar-refractivity contribution is 0.0522. The molecule has 1 fully saturated rings. The Hall–Kier alpha value is -1.06. The number of hydrogen-bond donors (Lipinski definition) is 3. The van der Waals surface area contributed by atoms with Gasteiger partial charge in [0, 0.05) is 43.9 Å². The minimum atomic E-state index is -0.0914. The Morgan fingerprint density at radius 1 is 1.23 bits per heavy atom. The van der Waals surface area contributed by atoms with E-state index in [2.05, 4.69) is 49.6 Å². The second-order valence-corrected chi connectivity index (χ2v) is 8.34. The fraction of sp³-hybridized carbons (Fsp3) is 0.708. The lowest BCUT2D eigenvalue weighted by atomic mass is 9.73. The van der Waals surface area contributed by atoms with E-state index >= 15 is 0 Å². The summed E-state index contributed by atoms with van der Waals surface area (Å²) in [6.07, 6.45) is 4.91. The van der Waals surface area contributed by atoms with Crippen molar-refractivity contribution in [2.75, 3.05) is 46.6 Å². The van der Waals surface area contributed by atoms with Crippen LogP contribution in [0.25, 0.3) is 0 Å². The third-order valence-electron chi connectivity index (χ3n) is 6.05. The molecule has 1 atom stereocenters. The van der Waals surface area contributed by atoms with Crippen molar-refractivity contribution in [3.05, 3.63) is 29.3 Å². The van der Waals surface area contributed by atoms with Crippen LogP contribution in [0, 0.1) is 12.8 Å². The van der Waals surface area contributed by atoms with Gasteiger partial charge in [0.15, 0.2) is 5.96 Å². The molecule has 1 aromatic rings. The van der Waals surface area contributed by atoms with Crippen molar-refractivity contribution in [1.29, 1.82) is 0 Å². The van der Waals surface area contributed by atoms with Gasteiger partial charge in [0.1, 0.15) is 5.75 Å². The highest BCUT2D eigenvalue weighted by Crippen LogP contribution is 2.40. The van der Waals surface area contributed by atoms with Crippen molar-refractivity contribution >= 4 is 29.9 Å². The van der Waals surface area contributed by atoms with Gasteiger partial charge in [0.25, 0.3) is 0 Å². The van der Waals surface area contributed by atoms with Gasteiger partial charge in [-0.1, -0.05) is 31.0 Å². The number of nitrogens with one attached hydrogen (secondary N) is 2. The molecule has 0 saturated carbocycles. The summed E-state index contributed by atoms with van der Waals surface area (Å²) in [4.78, 5) is 5.00. The number of guanidine groups is 1. The summed E-state index contributed by atoms with van der Waals surface area (Å²) >= 11 is 0. The summed E-state index contributed by atoms with van der Waals surface area (Å²) in [5, 5.41) is 16.2. The fourth-order valence-corrected chi connectivity index (χ4v) is 4.26. The van der Waals surface area contributed by atoms with E-state index in [1.165, 1.54) is 11.1 Å². The number of aliphatic hydroxyl groups excluding tert-OH is 1. The molecule has 0 spiro atoms. The number of ether oxygens (including phenoxy) is 2. The highest BCUT2D eigenvalue weighted by molar-refractivity contribution is 14.0. The summed E-state index contributed by atoms with van der Waals surface area (Å²) in [6.45, 7) is 10.4. The second kappa shape index (κ2) is 14.9. The number of benzene rings is 1. The van der Waals surface area contributed by atoms with Gasteiger partial charge >= 0.3 is 0 Å². The van der Waals surface area contributed by atoms with E-state index in [1.54, 1.807) is 7.11 Å². The normalized spacial score (nSPS) is 16.9. The number of aryl methyl sites for hydroxylation is 1. The van der Waals surface area contributed by atoms with E-state index in [9.17, 15) is 5.11 Å². The molecule has 6 nitrogen and oxygen atoms in total. The molecule has 0 bridgehead atoms. The molecule has 1 aromatic carbocycles.